The first-order valence-corrected chi connectivity index (χ1v) is 6.93. The van der Waals surface area contributed by atoms with Crippen LogP contribution in [0.25, 0.3) is 0 Å². The van der Waals surface area contributed by atoms with Crippen molar-refractivity contribution in [2.75, 3.05) is 0 Å². The van der Waals surface area contributed by atoms with E-state index >= 15 is 0 Å². The maximum Gasteiger partial charge on any atom is 0.304 e. The highest BCUT2D eigenvalue weighted by Crippen LogP contribution is 2.28. The number of thiazole rings is 1. The van der Waals surface area contributed by atoms with Crippen LogP contribution in [0.4, 0.5) is 0 Å². The first-order chi connectivity index (χ1) is 7.65. The van der Waals surface area contributed by atoms with E-state index in [2.05, 4.69) is 24.1 Å². The van der Waals surface area contributed by atoms with Gasteiger partial charge in [0.1, 0.15) is 0 Å². The fourth-order valence-electron chi connectivity index (χ4n) is 2.46. The van der Waals surface area contributed by atoms with Crippen LogP contribution in [0.2, 0.25) is 0 Å². The number of rotatable bonds is 3. The van der Waals surface area contributed by atoms with E-state index in [4.69, 9.17) is 0 Å². The van der Waals surface area contributed by atoms with Crippen LogP contribution >= 0.6 is 11.3 Å². The monoisotopic (exact) mass is 240 g/mol. The van der Waals surface area contributed by atoms with Gasteiger partial charge in [0.25, 0.3) is 0 Å². The zero-order chi connectivity index (χ0) is 11.5. The van der Waals surface area contributed by atoms with Crippen LogP contribution in [0.15, 0.2) is 10.2 Å². The molecule has 0 saturated heterocycles. The number of H-pyrrole nitrogens is 1. The Morgan fingerprint density at radius 1 is 1.50 bits per heavy atom. The fourth-order valence-corrected chi connectivity index (χ4v) is 3.04. The van der Waals surface area contributed by atoms with Gasteiger partial charge in [-0.3, -0.25) is 4.79 Å². The molecule has 1 aliphatic rings. The van der Waals surface area contributed by atoms with Gasteiger partial charge >= 0.3 is 4.87 Å². The van der Waals surface area contributed by atoms with Crippen LogP contribution in [-0.4, -0.2) is 11.0 Å². The highest BCUT2D eigenvalue weighted by Gasteiger charge is 2.24. The Kier molecular flexibility index (Phi) is 3.82. The third kappa shape index (κ3) is 2.95. The molecule has 3 nitrogen and oxygen atoms in total. The summed E-state index contributed by atoms with van der Waals surface area (Å²) in [7, 11) is 0. The lowest BCUT2D eigenvalue weighted by molar-refractivity contribution is 0.227. The summed E-state index contributed by atoms with van der Waals surface area (Å²) in [6.07, 6.45) is 3.93. The molecule has 1 heterocycles. The SMILES string of the molecule is CC1CCC(C)C(NCc2csc(=O)[nH]2)C1. The molecular weight excluding hydrogens is 220 g/mol. The summed E-state index contributed by atoms with van der Waals surface area (Å²) in [4.78, 5) is 13.9. The van der Waals surface area contributed by atoms with E-state index in [1.807, 2.05) is 5.38 Å². The van der Waals surface area contributed by atoms with E-state index in [9.17, 15) is 4.79 Å². The summed E-state index contributed by atoms with van der Waals surface area (Å²) in [5.74, 6) is 1.58. The van der Waals surface area contributed by atoms with Crippen molar-refractivity contribution in [2.45, 2.75) is 45.7 Å². The van der Waals surface area contributed by atoms with Crippen LogP contribution in [-0.2, 0) is 6.54 Å². The maximum absolute atomic E-state index is 11.0. The Labute approximate surface area is 100 Å². The Balaban J connectivity index is 1.86. The van der Waals surface area contributed by atoms with Crippen molar-refractivity contribution in [3.8, 4) is 0 Å². The van der Waals surface area contributed by atoms with Crippen molar-refractivity contribution in [1.29, 1.82) is 0 Å². The molecule has 1 aliphatic carbocycles. The van der Waals surface area contributed by atoms with Crippen LogP contribution in [0, 0.1) is 11.8 Å². The first kappa shape index (κ1) is 11.9. The van der Waals surface area contributed by atoms with Crippen LogP contribution in [0.1, 0.15) is 38.8 Å². The number of hydrogen-bond acceptors (Lipinski definition) is 3. The van der Waals surface area contributed by atoms with Gasteiger partial charge in [-0.25, -0.2) is 0 Å². The van der Waals surface area contributed by atoms with E-state index < -0.39 is 0 Å². The Morgan fingerprint density at radius 2 is 2.31 bits per heavy atom. The van der Waals surface area contributed by atoms with Crippen molar-refractivity contribution in [3.05, 3.63) is 20.7 Å². The van der Waals surface area contributed by atoms with Gasteiger partial charge in [0.15, 0.2) is 0 Å². The molecule has 0 spiro atoms. The molecule has 2 N–H and O–H groups in total. The molecule has 3 unspecified atom stereocenters. The van der Waals surface area contributed by atoms with Crippen molar-refractivity contribution < 1.29 is 0 Å². The number of hydrogen-bond donors (Lipinski definition) is 2. The van der Waals surface area contributed by atoms with Gasteiger partial charge < -0.3 is 10.3 Å². The van der Waals surface area contributed by atoms with Gasteiger partial charge in [0.05, 0.1) is 0 Å². The molecule has 0 aliphatic heterocycles. The van der Waals surface area contributed by atoms with Crippen molar-refractivity contribution in [3.63, 3.8) is 0 Å². The lowest BCUT2D eigenvalue weighted by atomic mass is 9.80. The maximum atomic E-state index is 11.0. The van der Waals surface area contributed by atoms with E-state index in [0.29, 0.717) is 6.04 Å². The topological polar surface area (TPSA) is 44.9 Å². The Morgan fingerprint density at radius 3 is 3.00 bits per heavy atom. The molecule has 4 heteroatoms. The second-order valence-electron chi connectivity index (χ2n) is 5.06. The van der Waals surface area contributed by atoms with Gasteiger partial charge in [-0.05, 0) is 24.7 Å². The summed E-state index contributed by atoms with van der Waals surface area (Å²) in [6.45, 7) is 5.44. The Hall–Kier alpha value is -0.610. The molecule has 0 aromatic carbocycles. The smallest absolute Gasteiger partial charge is 0.304 e. The second kappa shape index (κ2) is 5.15. The predicted molar refractivity (Wildman–Crippen MR) is 67.7 cm³/mol. The van der Waals surface area contributed by atoms with Crippen LogP contribution < -0.4 is 10.2 Å². The van der Waals surface area contributed by atoms with Gasteiger partial charge in [0.2, 0.25) is 0 Å². The molecule has 0 bridgehead atoms. The minimum Gasteiger partial charge on any atom is -0.315 e. The van der Waals surface area contributed by atoms with Crippen LogP contribution in [0.3, 0.4) is 0 Å². The van der Waals surface area contributed by atoms with Gasteiger partial charge in [0, 0.05) is 23.7 Å². The zero-order valence-electron chi connectivity index (χ0n) is 9.95. The molecule has 2 rings (SSSR count). The Bertz CT molecular complexity index is 384. The summed E-state index contributed by atoms with van der Waals surface area (Å²) >= 11 is 1.24. The largest absolute Gasteiger partial charge is 0.315 e. The normalized spacial score (nSPS) is 30.5. The second-order valence-corrected chi connectivity index (χ2v) is 5.90. The highest BCUT2D eigenvalue weighted by atomic mass is 32.1. The number of nitrogens with one attached hydrogen (secondary N) is 2. The zero-order valence-corrected chi connectivity index (χ0v) is 10.8. The standard InChI is InChI=1S/C12H20N2OS/c1-8-3-4-9(2)11(5-8)13-6-10-7-16-12(15)14-10/h7-9,11,13H,3-6H2,1-2H3,(H,14,15). The minimum absolute atomic E-state index is 0.0434. The molecule has 0 radical (unpaired) electrons. The minimum atomic E-state index is 0.0434. The van der Waals surface area contributed by atoms with Crippen molar-refractivity contribution in [1.82, 2.24) is 10.3 Å². The molecule has 0 amide bonds. The third-order valence-electron chi connectivity index (χ3n) is 3.58. The highest BCUT2D eigenvalue weighted by molar-refractivity contribution is 7.07. The average molecular weight is 240 g/mol. The lowest BCUT2D eigenvalue weighted by Gasteiger charge is -2.33. The molecule has 3 atom stereocenters. The summed E-state index contributed by atoms with van der Waals surface area (Å²) in [6, 6.07) is 0.604. The summed E-state index contributed by atoms with van der Waals surface area (Å²) in [5.41, 5.74) is 1.01. The summed E-state index contributed by atoms with van der Waals surface area (Å²) in [5, 5.41) is 5.48. The molecule has 1 saturated carbocycles. The van der Waals surface area contributed by atoms with Crippen molar-refractivity contribution in [2.24, 2.45) is 11.8 Å². The van der Waals surface area contributed by atoms with E-state index in [0.717, 1.165) is 24.1 Å². The lowest BCUT2D eigenvalue weighted by Crippen LogP contribution is -2.39. The molecule has 90 valence electrons. The van der Waals surface area contributed by atoms with E-state index in [-0.39, 0.29) is 4.87 Å². The van der Waals surface area contributed by atoms with Gasteiger partial charge in [-0.1, -0.05) is 31.6 Å². The molecule has 1 fully saturated rings. The first-order valence-electron chi connectivity index (χ1n) is 6.05. The predicted octanol–water partition coefficient (Wildman–Crippen LogP) is 2.35. The number of aromatic amines is 1. The van der Waals surface area contributed by atoms with E-state index in [1.165, 1.54) is 30.6 Å². The average Bonchev–Trinajstić information content (AvgIpc) is 2.66. The van der Waals surface area contributed by atoms with Crippen LogP contribution in [0.5, 0.6) is 0 Å². The van der Waals surface area contributed by atoms with E-state index in [1.54, 1.807) is 0 Å². The molecule has 1 aromatic rings. The molecule has 16 heavy (non-hydrogen) atoms. The molecule has 1 aromatic heterocycles. The van der Waals surface area contributed by atoms with Gasteiger partial charge in [-0.2, -0.15) is 0 Å². The summed E-state index contributed by atoms with van der Waals surface area (Å²) < 4.78 is 0. The number of aromatic nitrogens is 1. The third-order valence-corrected chi connectivity index (χ3v) is 4.30. The van der Waals surface area contributed by atoms with Crippen molar-refractivity contribution >= 4 is 11.3 Å². The fraction of sp³-hybridized carbons (Fsp3) is 0.750. The quantitative estimate of drug-likeness (QED) is 0.852. The van der Waals surface area contributed by atoms with Gasteiger partial charge in [-0.15, -0.1) is 0 Å². The molecular formula is C12H20N2OS.